The van der Waals surface area contributed by atoms with Crippen LogP contribution in [0.25, 0.3) is 21.5 Å². The number of aromatic nitrogens is 2. The van der Waals surface area contributed by atoms with Crippen molar-refractivity contribution in [2.75, 3.05) is 7.11 Å². The third-order valence-electron chi connectivity index (χ3n) is 4.31. The molecule has 0 bridgehead atoms. The number of ether oxygens (including phenoxy) is 1. The Balaban J connectivity index is 1.84. The highest BCUT2D eigenvalue weighted by atomic mass is 32.1. The number of carbonyl (C=O) groups is 1. The molecule has 5 nitrogen and oxygen atoms in total. The molecule has 4 rings (SSSR count). The summed E-state index contributed by atoms with van der Waals surface area (Å²) in [7, 11) is 1.58. The quantitative estimate of drug-likeness (QED) is 0.523. The van der Waals surface area contributed by atoms with Crippen LogP contribution in [-0.2, 0) is 6.54 Å². The number of fused-ring (bicyclic) bond motifs is 1. The second-order valence-corrected chi connectivity index (χ2v) is 7.14. The lowest BCUT2D eigenvalue weighted by atomic mass is 10.1. The number of rotatable bonds is 5. The largest absolute Gasteiger partial charge is 0.497 e. The third-order valence-corrected chi connectivity index (χ3v) is 5.45. The molecule has 4 aromatic rings. The van der Waals surface area contributed by atoms with Gasteiger partial charge in [-0.05, 0) is 35.9 Å². The normalized spacial score (nSPS) is 11.1. The van der Waals surface area contributed by atoms with Crippen molar-refractivity contribution in [2.45, 2.75) is 6.54 Å². The third kappa shape index (κ3) is 3.22. The van der Waals surface area contributed by atoms with Gasteiger partial charge in [-0.2, -0.15) is 5.10 Å². The second-order valence-electron chi connectivity index (χ2n) is 6.11. The molecule has 0 spiro atoms. The zero-order chi connectivity index (χ0) is 19.8. The van der Waals surface area contributed by atoms with E-state index in [-0.39, 0.29) is 16.1 Å². The molecule has 0 radical (unpaired) electrons. The maximum absolute atomic E-state index is 14.3. The van der Waals surface area contributed by atoms with E-state index in [0.717, 1.165) is 29.0 Å². The van der Waals surface area contributed by atoms with E-state index in [1.54, 1.807) is 11.8 Å². The molecular formula is C20H14F2N2O3S. The van der Waals surface area contributed by atoms with E-state index >= 15 is 0 Å². The summed E-state index contributed by atoms with van der Waals surface area (Å²) < 4.78 is 34.4. The molecular weight excluding hydrogens is 386 g/mol. The Morgan fingerprint density at radius 3 is 2.57 bits per heavy atom. The highest BCUT2D eigenvalue weighted by Crippen LogP contribution is 2.35. The molecule has 0 amide bonds. The molecule has 8 heteroatoms. The Hall–Kier alpha value is -3.26. The van der Waals surface area contributed by atoms with Crippen LogP contribution in [0.3, 0.4) is 0 Å². The summed E-state index contributed by atoms with van der Waals surface area (Å²) in [6.45, 7) is 0.364. The first-order valence-electron chi connectivity index (χ1n) is 8.28. The molecule has 142 valence electrons. The SMILES string of the molecule is COc1ccc(Cn2nc(-c3ccc(F)cc3F)c3cc(C(=O)O)sc32)cc1. The number of hydrogen-bond donors (Lipinski definition) is 1. The average molecular weight is 400 g/mol. The number of thiophene rings is 1. The molecule has 2 aromatic heterocycles. The molecule has 0 atom stereocenters. The van der Waals surface area contributed by atoms with Crippen LogP contribution in [0.15, 0.2) is 48.5 Å². The van der Waals surface area contributed by atoms with Crippen molar-refractivity contribution in [3.05, 3.63) is 70.6 Å². The molecule has 0 saturated carbocycles. The number of benzene rings is 2. The molecule has 0 aliphatic carbocycles. The number of halogens is 2. The van der Waals surface area contributed by atoms with Crippen LogP contribution < -0.4 is 4.74 Å². The summed E-state index contributed by atoms with van der Waals surface area (Å²) in [4.78, 5) is 12.1. The highest BCUT2D eigenvalue weighted by molar-refractivity contribution is 7.20. The summed E-state index contributed by atoms with van der Waals surface area (Å²) in [6.07, 6.45) is 0. The Morgan fingerprint density at radius 1 is 1.18 bits per heavy atom. The van der Waals surface area contributed by atoms with Gasteiger partial charge in [0.1, 0.15) is 32.8 Å². The lowest BCUT2D eigenvalue weighted by molar-refractivity contribution is 0.0702. The van der Waals surface area contributed by atoms with E-state index in [4.69, 9.17) is 4.74 Å². The number of carboxylic acid groups (broad SMARTS) is 1. The van der Waals surface area contributed by atoms with Gasteiger partial charge in [-0.3, -0.25) is 0 Å². The first-order chi connectivity index (χ1) is 13.5. The predicted molar refractivity (Wildman–Crippen MR) is 102 cm³/mol. The summed E-state index contributed by atoms with van der Waals surface area (Å²) in [6, 6.07) is 12.1. The fraction of sp³-hybridized carbons (Fsp3) is 0.100. The Kier molecular flexibility index (Phi) is 4.56. The van der Waals surface area contributed by atoms with Gasteiger partial charge < -0.3 is 9.84 Å². The van der Waals surface area contributed by atoms with Gasteiger partial charge in [0.05, 0.1) is 13.7 Å². The molecule has 2 heterocycles. The fourth-order valence-corrected chi connectivity index (χ4v) is 3.91. The van der Waals surface area contributed by atoms with Gasteiger partial charge in [0.2, 0.25) is 0 Å². The maximum Gasteiger partial charge on any atom is 0.345 e. The van der Waals surface area contributed by atoms with Gasteiger partial charge in [-0.15, -0.1) is 11.3 Å². The molecule has 1 N–H and O–H groups in total. The number of hydrogen-bond acceptors (Lipinski definition) is 4. The van der Waals surface area contributed by atoms with Crippen LogP contribution in [0, 0.1) is 11.6 Å². The van der Waals surface area contributed by atoms with E-state index in [0.29, 0.717) is 22.5 Å². The van der Waals surface area contributed by atoms with Gasteiger partial charge in [-0.25, -0.2) is 18.3 Å². The topological polar surface area (TPSA) is 64.4 Å². The van der Waals surface area contributed by atoms with Crippen molar-refractivity contribution < 1.29 is 23.4 Å². The Labute approximate surface area is 162 Å². The zero-order valence-corrected chi connectivity index (χ0v) is 15.5. The van der Waals surface area contributed by atoms with Crippen molar-refractivity contribution >= 4 is 27.5 Å². The first-order valence-corrected chi connectivity index (χ1v) is 9.10. The molecule has 28 heavy (non-hydrogen) atoms. The van der Waals surface area contributed by atoms with Crippen LogP contribution in [0.1, 0.15) is 15.2 Å². The van der Waals surface area contributed by atoms with E-state index in [1.165, 1.54) is 12.1 Å². The van der Waals surface area contributed by atoms with Gasteiger partial charge in [0.15, 0.2) is 0 Å². The van der Waals surface area contributed by atoms with Crippen molar-refractivity contribution in [3.63, 3.8) is 0 Å². The highest BCUT2D eigenvalue weighted by Gasteiger charge is 2.21. The zero-order valence-electron chi connectivity index (χ0n) is 14.6. The van der Waals surface area contributed by atoms with Crippen LogP contribution in [0.5, 0.6) is 5.75 Å². The smallest absolute Gasteiger partial charge is 0.345 e. The van der Waals surface area contributed by atoms with Crippen LogP contribution in [-0.4, -0.2) is 28.0 Å². The number of methoxy groups -OCH3 is 1. The number of aromatic carboxylic acids is 1. The lowest BCUT2D eigenvalue weighted by Gasteiger charge is -2.05. The van der Waals surface area contributed by atoms with E-state index in [2.05, 4.69) is 5.10 Å². The summed E-state index contributed by atoms with van der Waals surface area (Å²) in [5, 5.41) is 14.3. The lowest BCUT2D eigenvalue weighted by Crippen LogP contribution is -2.01. The summed E-state index contributed by atoms with van der Waals surface area (Å²) in [5.74, 6) is -1.79. The van der Waals surface area contributed by atoms with Crippen molar-refractivity contribution in [2.24, 2.45) is 0 Å². The molecule has 0 aliphatic rings. The molecule has 2 aromatic carbocycles. The molecule has 0 aliphatic heterocycles. The van der Waals surface area contributed by atoms with E-state index in [1.807, 2.05) is 24.3 Å². The van der Waals surface area contributed by atoms with Gasteiger partial charge in [0.25, 0.3) is 0 Å². The first kappa shape index (κ1) is 18.1. The summed E-state index contributed by atoms with van der Waals surface area (Å²) >= 11 is 1.06. The second kappa shape index (κ2) is 7.05. The monoisotopic (exact) mass is 400 g/mol. The van der Waals surface area contributed by atoms with E-state index < -0.39 is 17.6 Å². The van der Waals surface area contributed by atoms with E-state index in [9.17, 15) is 18.7 Å². The number of nitrogens with zero attached hydrogens (tertiary/aromatic N) is 2. The number of carboxylic acids is 1. The van der Waals surface area contributed by atoms with Gasteiger partial charge in [-0.1, -0.05) is 12.1 Å². The predicted octanol–water partition coefficient (Wildman–Crippen LogP) is 4.80. The fourth-order valence-electron chi connectivity index (χ4n) is 2.96. The van der Waals surface area contributed by atoms with Gasteiger partial charge >= 0.3 is 5.97 Å². The molecule has 0 saturated heterocycles. The van der Waals surface area contributed by atoms with Crippen molar-refractivity contribution in [3.8, 4) is 17.0 Å². The average Bonchev–Trinajstić information content (AvgIpc) is 3.24. The molecule has 0 unspecified atom stereocenters. The maximum atomic E-state index is 14.3. The minimum atomic E-state index is -1.07. The Morgan fingerprint density at radius 2 is 1.93 bits per heavy atom. The Bertz CT molecular complexity index is 1180. The van der Waals surface area contributed by atoms with Crippen molar-refractivity contribution in [1.82, 2.24) is 9.78 Å². The summed E-state index contributed by atoms with van der Waals surface area (Å²) in [5.41, 5.74) is 1.32. The van der Waals surface area contributed by atoms with Crippen LogP contribution in [0.2, 0.25) is 0 Å². The van der Waals surface area contributed by atoms with Gasteiger partial charge in [0, 0.05) is 17.0 Å². The minimum absolute atomic E-state index is 0.120. The minimum Gasteiger partial charge on any atom is -0.497 e. The van der Waals surface area contributed by atoms with Crippen LogP contribution >= 0.6 is 11.3 Å². The standard InChI is InChI=1S/C20H14F2N2O3S/c1-27-13-5-2-11(3-6-13)10-24-19-15(9-17(28-19)20(25)26)18(23-24)14-7-4-12(21)8-16(14)22/h2-9H,10H2,1H3,(H,25,26). The van der Waals surface area contributed by atoms with Crippen LogP contribution in [0.4, 0.5) is 8.78 Å². The van der Waals surface area contributed by atoms with Crippen molar-refractivity contribution in [1.29, 1.82) is 0 Å². The molecule has 0 fully saturated rings.